The third-order valence-corrected chi connectivity index (χ3v) is 3.86. The van der Waals surface area contributed by atoms with Crippen molar-refractivity contribution in [3.8, 4) is 0 Å². The molecule has 0 radical (unpaired) electrons. The highest BCUT2D eigenvalue weighted by molar-refractivity contribution is 7.89. The topological polar surface area (TPSA) is 106 Å². The number of carbonyl (C=O) groups is 1. The van der Waals surface area contributed by atoms with E-state index in [0.29, 0.717) is 0 Å². The van der Waals surface area contributed by atoms with Crippen molar-refractivity contribution in [3.05, 3.63) is 23.5 Å². The molecular weight excluding hydrogens is 284 g/mol. The fraction of sp³-hybridized carbons (Fsp3) is 0.333. The number of sulfonamides is 1. The molecule has 1 aromatic rings. The minimum atomic E-state index is -4.06. The van der Waals surface area contributed by atoms with Crippen LogP contribution in [0.2, 0.25) is 5.15 Å². The summed E-state index contributed by atoms with van der Waals surface area (Å²) in [5, 5.41) is 8.60. The van der Waals surface area contributed by atoms with E-state index < -0.39 is 22.0 Å². The van der Waals surface area contributed by atoms with Crippen LogP contribution < -0.4 is 4.72 Å². The summed E-state index contributed by atoms with van der Waals surface area (Å²) in [4.78, 5) is 14.2. The summed E-state index contributed by atoms with van der Waals surface area (Å²) in [5.74, 6) is -1.35. The van der Waals surface area contributed by atoms with Crippen molar-refractivity contribution >= 4 is 27.6 Å². The molecular formula is C9H11ClN2O5S. The van der Waals surface area contributed by atoms with Crippen LogP contribution in [0.3, 0.4) is 0 Å². The van der Waals surface area contributed by atoms with Crippen LogP contribution in [0.1, 0.15) is 0 Å². The molecule has 0 bridgehead atoms. The summed E-state index contributed by atoms with van der Waals surface area (Å²) in [5.41, 5.74) is 0. The Kier molecular flexibility index (Phi) is 5.03. The molecule has 100 valence electrons. The molecule has 0 saturated carbocycles. The van der Waals surface area contributed by atoms with Gasteiger partial charge in [0.25, 0.3) is 0 Å². The zero-order chi connectivity index (χ0) is 13.8. The Bertz CT molecular complexity index is 534. The first-order valence-electron chi connectivity index (χ1n) is 4.73. The number of halogens is 1. The first-order valence-corrected chi connectivity index (χ1v) is 6.59. The highest BCUT2D eigenvalue weighted by Gasteiger charge is 2.27. The standard InChI is InChI=1S/C9H11ClN2O5S/c1-17-5-6(9(13)14)12-18(15,16)7-3-2-4-11-8(7)10/h2-4,6,12H,5H2,1H3,(H,13,14). The molecule has 0 aromatic carbocycles. The molecule has 0 aliphatic rings. The SMILES string of the molecule is COCC(NS(=O)(=O)c1cccnc1Cl)C(=O)O. The smallest absolute Gasteiger partial charge is 0.324 e. The van der Waals surface area contributed by atoms with E-state index in [-0.39, 0.29) is 16.7 Å². The lowest BCUT2D eigenvalue weighted by atomic mass is 10.3. The van der Waals surface area contributed by atoms with Gasteiger partial charge in [0.2, 0.25) is 10.0 Å². The van der Waals surface area contributed by atoms with Gasteiger partial charge in [-0.05, 0) is 12.1 Å². The Morgan fingerprint density at radius 3 is 2.83 bits per heavy atom. The molecule has 0 saturated heterocycles. The number of carboxylic acid groups (broad SMARTS) is 1. The van der Waals surface area contributed by atoms with E-state index in [1.54, 1.807) is 0 Å². The number of rotatable bonds is 6. The second-order valence-electron chi connectivity index (χ2n) is 3.26. The molecule has 18 heavy (non-hydrogen) atoms. The second kappa shape index (κ2) is 6.10. The van der Waals surface area contributed by atoms with E-state index >= 15 is 0 Å². The van der Waals surface area contributed by atoms with Gasteiger partial charge in [0.05, 0.1) is 6.61 Å². The van der Waals surface area contributed by atoms with Crippen LogP contribution in [0.25, 0.3) is 0 Å². The summed E-state index contributed by atoms with van der Waals surface area (Å²) in [6.07, 6.45) is 1.32. The van der Waals surface area contributed by atoms with E-state index in [2.05, 4.69) is 9.72 Å². The molecule has 1 aromatic heterocycles. The zero-order valence-corrected chi connectivity index (χ0v) is 10.9. The fourth-order valence-corrected chi connectivity index (χ4v) is 2.77. The van der Waals surface area contributed by atoms with Crippen molar-refractivity contribution in [2.45, 2.75) is 10.9 Å². The average molecular weight is 295 g/mol. The largest absolute Gasteiger partial charge is 0.480 e. The number of methoxy groups -OCH3 is 1. The molecule has 2 N–H and O–H groups in total. The molecule has 9 heteroatoms. The maximum Gasteiger partial charge on any atom is 0.324 e. The Hall–Kier alpha value is -1.22. The fourth-order valence-electron chi connectivity index (χ4n) is 1.14. The van der Waals surface area contributed by atoms with E-state index in [9.17, 15) is 13.2 Å². The van der Waals surface area contributed by atoms with Gasteiger partial charge >= 0.3 is 5.97 Å². The summed E-state index contributed by atoms with van der Waals surface area (Å²) >= 11 is 5.64. The highest BCUT2D eigenvalue weighted by Crippen LogP contribution is 2.17. The predicted molar refractivity (Wildman–Crippen MR) is 62.9 cm³/mol. The molecule has 0 amide bonds. The first kappa shape index (κ1) is 14.8. The Balaban J connectivity index is 3.01. The van der Waals surface area contributed by atoms with E-state index in [1.165, 1.54) is 25.4 Å². The third-order valence-electron chi connectivity index (χ3n) is 1.94. The molecule has 1 unspecified atom stereocenters. The minimum Gasteiger partial charge on any atom is -0.480 e. The van der Waals surface area contributed by atoms with Gasteiger partial charge in [-0.3, -0.25) is 4.79 Å². The molecule has 0 aliphatic heterocycles. The Labute approximate surface area is 109 Å². The van der Waals surface area contributed by atoms with Gasteiger partial charge in [0.15, 0.2) is 0 Å². The van der Waals surface area contributed by atoms with Crippen LogP contribution in [-0.2, 0) is 19.6 Å². The molecule has 1 atom stereocenters. The minimum absolute atomic E-state index is 0.230. The molecule has 1 heterocycles. The van der Waals surface area contributed by atoms with Gasteiger partial charge in [0.1, 0.15) is 16.1 Å². The van der Waals surface area contributed by atoms with Crippen LogP contribution in [0.4, 0.5) is 0 Å². The number of aliphatic carboxylic acids is 1. The molecule has 0 spiro atoms. The van der Waals surface area contributed by atoms with Crippen LogP contribution in [-0.4, -0.2) is 44.2 Å². The van der Waals surface area contributed by atoms with Crippen LogP contribution in [0, 0.1) is 0 Å². The molecule has 0 fully saturated rings. The monoisotopic (exact) mass is 294 g/mol. The summed E-state index contributed by atoms with van der Waals surface area (Å²) < 4.78 is 30.4. The van der Waals surface area contributed by atoms with Crippen LogP contribution >= 0.6 is 11.6 Å². The van der Waals surface area contributed by atoms with Crippen molar-refractivity contribution in [2.75, 3.05) is 13.7 Å². The van der Waals surface area contributed by atoms with Crippen molar-refractivity contribution in [2.24, 2.45) is 0 Å². The molecule has 0 aliphatic carbocycles. The molecule has 1 rings (SSSR count). The van der Waals surface area contributed by atoms with Crippen molar-refractivity contribution in [1.82, 2.24) is 9.71 Å². The normalized spacial score (nSPS) is 13.2. The molecule has 7 nitrogen and oxygen atoms in total. The summed E-state index contributed by atoms with van der Waals surface area (Å²) in [7, 11) is -2.80. The summed E-state index contributed by atoms with van der Waals surface area (Å²) in [6.45, 7) is -0.299. The van der Waals surface area contributed by atoms with Crippen LogP contribution in [0.5, 0.6) is 0 Å². The van der Waals surface area contributed by atoms with Crippen molar-refractivity contribution in [3.63, 3.8) is 0 Å². The number of hydrogen-bond acceptors (Lipinski definition) is 5. The van der Waals surface area contributed by atoms with Gasteiger partial charge < -0.3 is 9.84 Å². The lowest BCUT2D eigenvalue weighted by Gasteiger charge is -2.14. The first-order chi connectivity index (χ1) is 8.38. The quantitative estimate of drug-likeness (QED) is 0.722. The number of nitrogens with zero attached hydrogens (tertiary/aromatic N) is 1. The van der Waals surface area contributed by atoms with Gasteiger partial charge in [-0.2, -0.15) is 4.72 Å². The van der Waals surface area contributed by atoms with Gasteiger partial charge in [-0.15, -0.1) is 0 Å². The van der Waals surface area contributed by atoms with Crippen molar-refractivity contribution < 1.29 is 23.1 Å². The zero-order valence-electron chi connectivity index (χ0n) is 9.33. The predicted octanol–water partition coefficient (Wildman–Crippen LogP) is 0.113. The number of nitrogens with one attached hydrogen (secondary N) is 1. The maximum atomic E-state index is 11.9. The highest BCUT2D eigenvalue weighted by atomic mass is 35.5. The lowest BCUT2D eigenvalue weighted by molar-refractivity contribution is -0.140. The summed E-state index contributed by atoms with van der Waals surface area (Å²) in [6, 6.07) is 1.21. The lowest BCUT2D eigenvalue weighted by Crippen LogP contribution is -2.43. The number of pyridine rings is 1. The second-order valence-corrected chi connectivity index (χ2v) is 5.30. The van der Waals surface area contributed by atoms with Crippen molar-refractivity contribution in [1.29, 1.82) is 0 Å². The maximum absolute atomic E-state index is 11.9. The van der Waals surface area contributed by atoms with Gasteiger partial charge in [-0.1, -0.05) is 11.6 Å². The number of carboxylic acids is 1. The van der Waals surface area contributed by atoms with E-state index in [0.717, 1.165) is 0 Å². The van der Waals surface area contributed by atoms with E-state index in [1.807, 2.05) is 4.72 Å². The number of ether oxygens (including phenoxy) is 1. The van der Waals surface area contributed by atoms with Gasteiger partial charge in [0, 0.05) is 13.3 Å². The van der Waals surface area contributed by atoms with E-state index in [4.69, 9.17) is 16.7 Å². The Morgan fingerprint density at radius 1 is 1.67 bits per heavy atom. The van der Waals surface area contributed by atoms with Gasteiger partial charge in [-0.25, -0.2) is 13.4 Å². The Morgan fingerprint density at radius 2 is 2.33 bits per heavy atom. The average Bonchev–Trinajstić information content (AvgIpc) is 2.28. The number of aromatic nitrogens is 1. The number of hydrogen-bond donors (Lipinski definition) is 2. The van der Waals surface area contributed by atoms with Crippen LogP contribution in [0.15, 0.2) is 23.2 Å². The third kappa shape index (κ3) is 3.64.